The van der Waals surface area contributed by atoms with Gasteiger partial charge in [0.25, 0.3) is 0 Å². The van der Waals surface area contributed by atoms with Crippen LogP contribution in [0.4, 0.5) is 5.95 Å². The van der Waals surface area contributed by atoms with E-state index in [1.807, 2.05) is 6.92 Å². The predicted molar refractivity (Wildman–Crippen MR) is 97.4 cm³/mol. The van der Waals surface area contributed by atoms with Crippen molar-refractivity contribution in [3.8, 4) is 22.9 Å². The van der Waals surface area contributed by atoms with Gasteiger partial charge in [-0.05, 0) is 43.3 Å². The smallest absolute Gasteiger partial charge is 0.340 e. The van der Waals surface area contributed by atoms with E-state index >= 15 is 0 Å². The Balaban J connectivity index is 1.93. The van der Waals surface area contributed by atoms with Crippen LogP contribution in [-0.2, 0) is 10.1 Å². The lowest BCUT2D eigenvalue weighted by molar-refractivity contribution is 0.415. The van der Waals surface area contributed by atoms with Crippen molar-refractivity contribution in [3.05, 3.63) is 60.2 Å². The quantitative estimate of drug-likeness (QED) is 0.688. The number of hydrogen-bond acceptors (Lipinski definition) is 7. The monoisotopic (exact) mass is 371 g/mol. The third kappa shape index (κ3) is 3.92. The summed E-state index contributed by atoms with van der Waals surface area (Å²) < 4.78 is 35.1. The number of methoxy groups -OCH3 is 1. The Bertz CT molecular complexity index is 1020. The first-order chi connectivity index (χ1) is 12.4. The molecule has 134 valence electrons. The molecule has 3 aromatic rings. The Morgan fingerprint density at radius 2 is 1.62 bits per heavy atom. The topological polar surface area (TPSA) is 104 Å². The van der Waals surface area contributed by atoms with Crippen molar-refractivity contribution in [1.29, 1.82) is 0 Å². The zero-order valence-corrected chi connectivity index (χ0v) is 15.0. The molecule has 0 unspecified atom stereocenters. The van der Waals surface area contributed by atoms with Crippen LogP contribution in [0.25, 0.3) is 11.3 Å². The summed E-state index contributed by atoms with van der Waals surface area (Å²) in [5, 5.41) is 0. The van der Waals surface area contributed by atoms with Gasteiger partial charge in [0.1, 0.15) is 10.6 Å². The van der Waals surface area contributed by atoms with Crippen LogP contribution in [-0.4, -0.2) is 25.5 Å². The van der Waals surface area contributed by atoms with Gasteiger partial charge in [0.2, 0.25) is 11.8 Å². The van der Waals surface area contributed by atoms with Crippen molar-refractivity contribution >= 4 is 16.1 Å². The average Bonchev–Trinajstić information content (AvgIpc) is 2.61. The maximum atomic E-state index is 12.4. The summed E-state index contributed by atoms with van der Waals surface area (Å²) in [7, 11) is -2.45. The summed E-state index contributed by atoms with van der Waals surface area (Å²) in [4.78, 5) is 8.02. The number of benzene rings is 2. The lowest BCUT2D eigenvalue weighted by Crippen LogP contribution is -2.11. The molecular weight excluding hydrogens is 354 g/mol. The van der Waals surface area contributed by atoms with Crippen molar-refractivity contribution in [3.63, 3.8) is 0 Å². The zero-order valence-electron chi connectivity index (χ0n) is 14.2. The Hall–Kier alpha value is -3.13. The minimum Gasteiger partial charge on any atom is -0.497 e. The van der Waals surface area contributed by atoms with Crippen LogP contribution in [0.2, 0.25) is 0 Å². The van der Waals surface area contributed by atoms with Crippen molar-refractivity contribution < 1.29 is 17.3 Å². The van der Waals surface area contributed by atoms with Crippen molar-refractivity contribution in [2.75, 3.05) is 12.8 Å². The molecule has 0 fully saturated rings. The summed E-state index contributed by atoms with van der Waals surface area (Å²) in [5.74, 6) is 0.450. The third-order valence-corrected chi connectivity index (χ3v) is 4.85. The van der Waals surface area contributed by atoms with Gasteiger partial charge in [-0.15, -0.1) is 0 Å². The Morgan fingerprint density at radius 1 is 0.962 bits per heavy atom. The van der Waals surface area contributed by atoms with Crippen molar-refractivity contribution in [2.45, 2.75) is 11.8 Å². The number of nitrogens with zero attached hydrogens (tertiary/aromatic N) is 2. The summed E-state index contributed by atoms with van der Waals surface area (Å²) in [6, 6.07) is 14.8. The Kier molecular flexibility index (Phi) is 4.77. The molecule has 0 saturated carbocycles. The van der Waals surface area contributed by atoms with Gasteiger partial charge >= 0.3 is 10.1 Å². The van der Waals surface area contributed by atoms with E-state index in [-0.39, 0.29) is 16.7 Å². The summed E-state index contributed by atoms with van der Waals surface area (Å²) in [6.07, 6.45) is 0. The molecule has 1 heterocycles. The van der Waals surface area contributed by atoms with Gasteiger partial charge in [-0.3, -0.25) is 0 Å². The molecule has 2 aromatic carbocycles. The van der Waals surface area contributed by atoms with Gasteiger partial charge < -0.3 is 14.7 Å². The molecule has 0 amide bonds. The third-order valence-electron chi connectivity index (χ3n) is 3.61. The molecule has 1 aromatic heterocycles. The van der Waals surface area contributed by atoms with E-state index in [0.717, 1.165) is 11.1 Å². The second kappa shape index (κ2) is 7.01. The van der Waals surface area contributed by atoms with E-state index in [0.29, 0.717) is 11.4 Å². The first-order valence-corrected chi connectivity index (χ1v) is 9.08. The van der Waals surface area contributed by atoms with Crippen LogP contribution in [0.5, 0.6) is 11.6 Å². The second-order valence-electron chi connectivity index (χ2n) is 5.53. The number of nitrogen functional groups attached to an aromatic ring is 1. The Labute approximate surface area is 151 Å². The molecule has 8 heteroatoms. The maximum absolute atomic E-state index is 12.4. The normalized spacial score (nSPS) is 11.2. The fourth-order valence-electron chi connectivity index (χ4n) is 2.26. The molecule has 0 aliphatic rings. The average molecular weight is 371 g/mol. The molecule has 3 rings (SSSR count). The standard InChI is InChI=1S/C18H17N3O4S/c1-12-3-9-15(10-4-12)26(22,23)25-17-11-16(20-18(19)21-17)13-5-7-14(24-2)8-6-13/h3-11H,1-2H3,(H2,19,20,21). The maximum Gasteiger partial charge on any atom is 0.340 e. The minimum absolute atomic E-state index is 0.0336. The molecule has 0 saturated heterocycles. The van der Waals surface area contributed by atoms with E-state index < -0.39 is 10.1 Å². The molecule has 0 aliphatic carbocycles. The molecular formula is C18H17N3O4S. The molecule has 0 bridgehead atoms. The number of aromatic nitrogens is 2. The largest absolute Gasteiger partial charge is 0.497 e. The number of nitrogens with two attached hydrogens (primary N) is 1. The lowest BCUT2D eigenvalue weighted by Gasteiger charge is -2.09. The molecule has 0 aliphatic heterocycles. The van der Waals surface area contributed by atoms with Crippen LogP contribution >= 0.6 is 0 Å². The minimum atomic E-state index is -4.02. The van der Waals surface area contributed by atoms with Crippen LogP contribution in [0.1, 0.15) is 5.56 Å². The summed E-state index contributed by atoms with van der Waals surface area (Å²) >= 11 is 0. The highest BCUT2D eigenvalue weighted by atomic mass is 32.2. The van der Waals surface area contributed by atoms with Crippen molar-refractivity contribution in [1.82, 2.24) is 9.97 Å². The highest BCUT2D eigenvalue weighted by Crippen LogP contribution is 2.25. The molecule has 2 N–H and O–H groups in total. The molecule has 26 heavy (non-hydrogen) atoms. The second-order valence-corrected chi connectivity index (χ2v) is 7.07. The summed E-state index contributed by atoms with van der Waals surface area (Å²) in [6.45, 7) is 1.86. The van der Waals surface area contributed by atoms with Crippen LogP contribution in [0.15, 0.2) is 59.5 Å². The molecule has 0 atom stereocenters. The summed E-state index contributed by atoms with van der Waals surface area (Å²) in [5.41, 5.74) is 7.81. The molecule has 0 spiro atoms. The van der Waals surface area contributed by atoms with Gasteiger partial charge in [0.05, 0.1) is 12.8 Å². The highest BCUT2D eigenvalue weighted by molar-refractivity contribution is 7.87. The van der Waals surface area contributed by atoms with Gasteiger partial charge in [0, 0.05) is 11.6 Å². The van der Waals surface area contributed by atoms with Gasteiger partial charge in [-0.25, -0.2) is 4.98 Å². The van der Waals surface area contributed by atoms with E-state index in [4.69, 9.17) is 14.7 Å². The first kappa shape index (κ1) is 17.7. The van der Waals surface area contributed by atoms with Crippen LogP contribution < -0.4 is 14.7 Å². The molecule has 7 nitrogen and oxygen atoms in total. The van der Waals surface area contributed by atoms with E-state index in [1.165, 1.54) is 18.2 Å². The fourth-order valence-corrected chi connectivity index (χ4v) is 3.14. The van der Waals surface area contributed by atoms with E-state index in [1.54, 1.807) is 43.5 Å². The fraction of sp³-hybridized carbons (Fsp3) is 0.111. The van der Waals surface area contributed by atoms with Crippen LogP contribution in [0, 0.1) is 6.92 Å². The number of hydrogen-bond donors (Lipinski definition) is 1. The lowest BCUT2D eigenvalue weighted by atomic mass is 10.1. The SMILES string of the molecule is COc1ccc(-c2cc(OS(=O)(=O)c3ccc(C)cc3)nc(N)n2)cc1. The predicted octanol–water partition coefficient (Wildman–Crippen LogP) is 2.81. The number of anilines is 1. The number of aryl methyl sites for hydroxylation is 1. The van der Waals surface area contributed by atoms with E-state index in [2.05, 4.69) is 9.97 Å². The van der Waals surface area contributed by atoms with Gasteiger partial charge in [-0.2, -0.15) is 13.4 Å². The number of ether oxygens (including phenoxy) is 1. The molecule has 0 radical (unpaired) electrons. The first-order valence-electron chi connectivity index (χ1n) is 7.67. The van der Waals surface area contributed by atoms with E-state index in [9.17, 15) is 8.42 Å². The Morgan fingerprint density at radius 3 is 2.23 bits per heavy atom. The van der Waals surface area contributed by atoms with Gasteiger partial charge in [0.15, 0.2) is 0 Å². The van der Waals surface area contributed by atoms with Crippen LogP contribution in [0.3, 0.4) is 0 Å². The van der Waals surface area contributed by atoms with Crippen molar-refractivity contribution in [2.24, 2.45) is 0 Å². The highest BCUT2D eigenvalue weighted by Gasteiger charge is 2.18. The number of rotatable bonds is 5. The van der Waals surface area contributed by atoms with Gasteiger partial charge in [-0.1, -0.05) is 17.7 Å². The zero-order chi connectivity index (χ0) is 18.7.